The second-order valence-corrected chi connectivity index (χ2v) is 6.74. The Hall–Kier alpha value is -0.410. The fourth-order valence-corrected chi connectivity index (χ4v) is 3.11. The molecule has 3 heteroatoms. The topological polar surface area (TPSA) is 12.0 Å². The lowest BCUT2D eigenvalue weighted by molar-refractivity contribution is 0.347. The number of nitrogens with one attached hydrogen (secondary N) is 1. The monoisotopic (exact) mass is 357 g/mol. The van der Waals surface area contributed by atoms with Gasteiger partial charge in [0.2, 0.25) is 0 Å². The maximum Gasteiger partial charge on any atom is 0.128 e. The molecule has 0 bridgehead atoms. The molecule has 21 heavy (non-hydrogen) atoms. The third kappa shape index (κ3) is 6.48. The number of unbranched alkanes of at least 4 members (excludes halogenated alkanes) is 1. The van der Waals surface area contributed by atoms with Crippen molar-refractivity contribution in [2.45, 2.75) is 65.3 Å². The number of rotatable bonds is 10. The van der Waals surface area contributed by atoms with Crippen LogP contribution in [0.5, 0.6) is 0 Å². The minimum absolute atomic E-state index is 0.0999. The average Bonchev–Trinajstić information content (AvgIpc) is 2.49. The van der Waals surface area contributed by atoms with Crippen LogP contribution in [-0.2, 0) is 0 Å². The molecule has 0 radical (unpaired) electrons. The number of hydrogen-bond acceptors (Lipinski definition) is 1. The molecule has 1 aromatic carbocycles. The summed E-state index contributed by atoms with van der Waals surface area (Å²) in [6.07, 6.45) is 6.99. The minimum atomic E-state index is -0.0999. The molecule has 0 amide bonds. The normalized spacial score (nSPS) is 14.1. The standard InChI is InChI=1S/C18H29BrFN/c1-4-7-8-14(6-3)12-18(21-11-5-2)16-13-15(19)9-10-17(16)20/h9-10,13-14,18,21H,4-8,11-12H2,1-3H3. The van der Waals surface area contributed by atoms with Gasteiger partial charge in [0.1, 0.15) is 5.82 Å². The second-order valence-electron chi connectivity index (χ2n) is 5.82. The zero-order chi connectivity index (χ0) is 15.7. The highest BCUT2D eigenvalue weighted by molar-refractivity contribution is 9.10. The predicted molar refractivity (Wildman–Crippen MR) is 93.1 cm³/mol. The molecule has 0 fully saturated rings. The number of halogens is 2. The summed E-state index contributed by atoms with van der Waals surface area (Å²) < 4.78 is 15.1. The average molecular weight is 358 g/mol. The molecule has 1 nitrogen and oxygen atoms in total. The zero-order valence-corrected chi connectivity index (χ0v) is 15.2. The smallest absolute Gasteiger partial charge is 0.128 e. The Labute approximate surface area is 137 Å². The van der Waals surface area contributed by atoms with E-state index in [-0.39, 0.29) is 11.9 Å². The van der Waals surface area contributed by atoms with Gasteiger partial charge in [-0.3, -0.25) is 0 Å². The summed E-state index contributed by atoms with van der Waals surface area (Å²) in [5.74, 6) is 0.565. The molecule has 2 unspecified atom stereocenters. The summed E-state index contributed by atoms with van der Waals surface area (Å²) >= 11 is 3.46. The van der Waals surface area contributed by atoms with Crippen LogP contribution in [0.3, 0.4) is 0 Å². The first-order chi connectivity index (χ1) is 10.1. The van der Waals surface area contributed by atoms with E-state index in [0.717, 1.165) is 29.4 Å². The van der Waals surface area contributed by atoms with E-state index in [1.807, 2.05) is 6.07 Å². The fourth-order valence-electron chi connectivity index (χ4n) is 2.74. The van der Waals surface area contributed by atoms with E-state index in [1.165, 1.54) is 25.7 Å². The SMILES string of the molecule is CCCCC(CC)CC(NCCC)c1cc(Br)ccc1F. The first-order valence-electron chi connectivity index (χ1n) is 8.30. The number of benzene rings is 1. The highest BCUT2D eigenvalue weighted by atomic mass is 79.9. The zero-order valence-electron chi connectivity index (χ0n) is 13.6. The summed E-state index contributed by atoms with van der Waals surface area (Å²) in [7, 11) is 0. The molecule has 0 aliphatic carbocycles. The van der Waals surface area contributed by atoms with Gasteiger partial charge in [-0.25, -0.2) is 4.39 Å². The molecular formula is C18H29BrFN. The summed E-state index contributed by atoms with van der Waals surface area (Å²) in [4.78, 5) is 0. The highest BCUT2D eigenvalue weighted by Crippen LogP contribution is 2.30. The largest absolute Gasteiger partial charge is 0.310 e. The lowest BCUT2D eigenvalue weighted by atomic mass is 9.89. The lowest BCUT2D eigenvalue weighted by Gasteiger charge is -2.25. The third-order valence-corrected chi connectivity index (χ3v) is 4.58. The maximum absolute atomic E-state index is 14.2. The Kier molecular flexibility index (Phi) is 9.18. The Morgan fingerprint density at radius 1 is 1.19 bits per heavy atom. The summed E-state index contributed by atoms with van der Waals surface area (Å²) in [5, 5.41) is 3.53. The van der Waals surface area contributed by atoms with Crippen LogP contribution in [0.2, 0.25) is 0 Å². The van der Waals surface area contributed by atoms with Crippen molar-refractivity contribution >= 4 is 15.9 Å². The van der Waals surface area contributed by atoms with Crippen molar-refractivity contribution in [3.8, 4) is 0 Å². The molecule has 0 aliphatic heterocycles. The fraction of sp³-hybridized carbons (Fsp3) is 0.667. The summed E-state index contributed by atoms with van der Waals surface area (Å²) in [6, 6.07) is 5.37. The van der Waals surface area contributed by atoms with Crippen LogP contribution in [0.15, 0.2) is 22.7 Å². The van der Waals surface area contributed by atoms with E-state index < -0.39 is 0 Å². The lowest BCUT2D eigenvalue weighted by Crippen LogP contribution is -2.25. The van der Waals surface area contributed by atoms with Gasteiger partial charge in [-0.15, -0.1) is 0 Å². The molecule has 1 N–H and O–H groups in total. The van der Waals surface area contributed by atoms with E-state index in [0.29, 0.717) is 5.92 Å². The first-order valence-corrected chi connectivity index (χ1v) is 9.09. The van der Waals surface area contributed by atoms with Gasteiger partial charge in [0.05, 0.1) is 0 Å². The highest BCUT2D eigenvalue weighted by Gasteiger charge is 2.19. The van der Waals surface area contributed by atoms with Crippen molar-refractivity contribution in [2.75, 3.05) is 6.54 Å². The molecule has 2 atom stereocenters. The minimum Gasteiger partial charge on any atom is -0.310 e. The van der Waals surface area contributed by atoms with Gasteiger partial charge < -0.3 is 5.32 Å². The Morgan fingerprint density at radius 3 is 2.57 bits per heavy atom. The Balaban J connectivity index is 2.85. The summed E-state index contributed by atoms with van der Waals surface area (Å²) in [5.41, 5.74) is 0.799. The third-order valence-electron chi connectivity index (χ3n) is 4.09. The van der Waals surface area contributed by atoms with Crippen LogP contribution < -0.4 is 5.32 Å². The van der Waals surface area contributed by atoms with Crippen molar-refractivity contribution in [2.24, 2.45) is 5.92 Å². The van der Waals surface area contributed by atoms with Gasteiger partial charge in [-0.05, 0) is 43.5 Å². The second kappa shape index (κ2) is 10.3. The van der Waals surface area contributed by atoms with Crippen molar-refractivity contribution in [1.82, 2.24) is 5.32 Å². The molecule has 0 saturated carbocycles. The maximum atomic E-state index is 14.2. The van der Waals surface area contributed by atoms with E-state index >= 15 is 0 Å². The quantitative estimate of drug-likeness (QED) is 0.522. The number of hydrogen-bond donors (Lipinski definition) is 1. The molecule has 120 valence electrons. The van der Waals surface area contributed by atoms with Gasteiger partial charge in [-0.2, -0.15) is 0 Å². The van der Waals surface area contributed by atoms with E-state index in [9.17, 15) is 4.39 Å². The molecule has 0 saturated heterocycles. The van der Waals surface area contributed by atoms with Crippen LogP contribution in [-0.4, -0.2) is 6.54 Å². The predicted octanol–water partition coefficient (Wildman–Crippen LogP) is 6.24. The molecule has 1 aromatic rings. The van der Waals surface area contributed by atoms with Gasteiger partial charge >= 0.3 is 0 Å². The Morgan fingerprint density at radius 2 is 1.95 bits per heavy atom. The van der Waals surface area contributed by atoms with Gasteiger partial charge in [-0.1, -0.05) is 62.4 Å². The van der Waals surface area contributed by atoms with Crippen molar-refractivity contribution in [3.05, 3.63) is 34.1 Å². The van der Waals surface area contributed by atoms with E-state index in [2.05, 4.69) is 42.0 Å². The van der Waals surface area contributed by atoms with Gasteiger partial charge in [0.15, 0.2) is 0 Å². The first kappa shape index (κ1) is 18.6. The molecule has 0 heterocycles. The molecule has 0 spiro atoms. The van der Waals surface area contributed by atoms with Crippen LogP contribution >= 0.6 is 15.9 Å². The molecular weight excluding hydrogens is 329 g/mol. The van der Waals surface area contributed by atoms with Gasteiger partial charge in [0.25, 0.3) is 0 Å². The summed E-state index contributed by atoms with van der Waals surface area (Å²) in [6.45, 7) is 7.55. The van der Waals surface area contributed by atoms with Crippen LogP contribution in [0.25, 0.3) is 0 Å². The van der Waals surface area contributed by atoms with Crippen molar-refractivity contribution < 1.29 is 4.39 Å². The molecule has 0 aromatic heterocycles. The Bertz CT molecular complexity index is 408. The van der Waals surface area contributed by atoms with Crippen LogP contribution in [0.4, 0.5) is 4.39 Å². The van der Waals surface area contributed by atoms with E-state index in [4.69, 9.17) is 0 Å². The molecule has 0 aliphatic rings. The van der Waals surface area contributed by atoms with Crippen LogP contribution in [0.1, 0.15) is 70.9 Å². The van der Waals surface area contributed by atoms with Crippen molar-refractivity contribution in [1.29, 1.82) is 0 Å². The van der Waals surface area contributed by atoms with Crippen molar-refractivity contribution in [3.63, 3.8) is 0 Å². The van der Waals surface area contributed by atoms with Gasteiger partial charge in [0, 0.05) is 16.1 Å². The van der Waals surface area contributed by atoms with E-state index in [1.54, 1.807) is 12.1 Å². The molecule has 1 rings (SSSR count). The van der Waals surface area contributed by atoms with Crippen LogP contribution in [0, 0.1) is 11.7 Å².